The lowest BCUT2D eigenvalue weighted by atomic mass is 10.1. The van der Waals surface area contributed by atoms with Crippen LogP contribution >= 0.6 is 15.9 Å². The van der Waals surface area contributed by atoms with Crippen LogP contribution in [0.1, 0.15) is 16.8 Å². The van der Waals surface area contributed by atoms with Crippen LogP contribution in [0.5, 0.6) is 0 Å². The summed E-state index contributed by atoms with van der Waals surface area (Å²) in [4.78, 5) is 9.06. The number of halogens is 1. The molecule has 1 aromatic heterocycles. The quantitative estimate of drug-likeness (QED) is 0.611. The van der Waals surface area contributed by atoms with Crippen molar-refractivity contribution in [2.75, 3.05) is 10.6 Å². The highest BCUT2D eigenvalue weighted by atomic mass is 79.9. The van der Waals surface area contributed by atoms with Gasteiger partial charge in [0.25, 0.3) is 0 Å². The summed E-state index contributed by atoms with van der Waals surface area (Å²) >= 11 is 3.48. The van der Waals surface area contributed by atoms with Crippen LogP contribution in [0.25, 0.3) is 0 Å². The topological polar surface area (TPSA) is 49.8 Å². The van der Waals surface area contributed by atoms with Gasteiger partial charge in [-0.1, -0.05) is 34.1 Å². The molecule has 24 heavy (non-hydrogen) atoms. The molecule has 1 heterocycles. The molecule has 3 rings (SSSR count). The Morgan fingerprint density at radius 2 is 1.71 bits per heavy atom. The molecule has 0 saturated carbocycles. The van der Waals surface area contributed by atoms with E-state index in [2.05, 4.69) is 68.6 Å². The zero-order chi connectivity index (χ0) is 17.1. The van der Waals surface area contributed by atoms with E-state index in [4.69, 9.17) is 0 Å². The van der Waals surface area contributed by atoms with Crippen LogP contribution in [0.15, 0.2) is 53.0 Å². The summed E-state index contributed by atoms with van der Waals surface area (Å²) in [5.41, 5.74) is 5.25. The van der Waals surface area contributed by atoms with Gasteiger partial charge in [-0.3, -0.25) is 0 Å². The zero-order valence-corrected chi connectivity index (χ0v) is 15.5. The van der Waals surface area contributed by atoms with E-state index in [1.54, 1.807) is 0 Å². The minimum Gasteiger partial charge on any atom is -0.340 e. The van der Waals surface area contributed by atoms with Crippen molar-refractivity contribution in [3.63, 3.8) is 0 Å². The molecule has 2 aromatic carbocycles. The van der Waals surface area contributed by atoms with E-state index in [0.29, 0.717) is 5.95 Å². The van der Waals surface area contributed by atoms with Crippen molar-refractivity contribution in [1.82, 2.24) is 9.97 Å². The monoisotopic (exact) mass is 382 g/mol. The van der Waals surface area contributed by atoms with Gasteiger partial charge in [0.05, 0.1) is 0 Å². The van der Waals surface area contributed by atoms with Crippen LogP contribution in [-0.4, -0.2) is 9.97 Å². The smallest absolute Gasteiger partial charge is 0.229 e. The predicted octanol–water partition coefficient (Wildman–Crippen LogP) is 5.65. The third kappa shape index (κ3) is 4.11. The largest absolute Gasteiger partial charge is 0.340 e. The maximum absolute atomic E-state index is 4.58. The molecule has 0 bridgehead atoms. The van der Waals surface area contributed by atoms with Crippen LogP contribution in [0.2, 0.25) is 0 Å². The van der Waals surface area contributed by atoms with Crippen LogP contribution in [0.4, 0.5) is 23.1 Å². The van der Waals surface area contributed by atoms with Crippen molar-refractivity contribution >= 4 is 39.1 Å². The maximum atomic E-state index is 4.58. The summed E-state index contributed by atoms with van der Waals surface area (Å²) in [6, 6.07) is 16.2. The highest BCUT2D eigenvalue weighted by Crippen LogP contribution is 2.23. The fourth-order valence-electron chi connectivity index (χ4n) is 2.39. The first-order chi connectivity index (χ1) is 11.5. The van der Waals surface area contributed by atoms with Gasteiger partial charge in [-0.2, -0.15) is 4.98 Å². The standard InChI is InChI=1S/C19H19BrN4/c1-12-7-8-13(2)17(9-12)23-19-21-14(3)10-18(24-19)22-16-6-4-5-15(20)11-16/h4-11H,1-3H3,(H2,21,22,23,24). The normalized spacial score (nSPS) is 10.5. The van der Waals surface area contributed by atoms with Gasteiger partial charge in [-0.25, -0.2) is 4.98 Å². The van der Waals surface area contributed by atoms with E-state index < -0.39 is 0 Å². The van der Waals surface area contributed by atoms with E-state index in [1.807, 2.05) is 37.3 Å². The molecule has 0 radical (unpaired) electrons. The van der Waals surface area contributed by atoms with Gasteiger partial charge < -0.3 is 10.6 Å². The number of aromatic nitrogens is 2. The van der Waals surface area contributed by atoms with Gasteiger partial charge >= 0.3 is 0 Å². The van der Waals surface area contributed by atoms with Crippen LogP contribution < -0.4 is 10.6 Å². The predicted molar refractivity (Wildman–Crippen MR) is 103 cm³/mol. The molecular formula is C19H19BrN4. The molecule has 0 amide bonds. The van der Waals surface area contributed by atoms with E-state index in [1.165, 1.54) is 5.56 Å². The lowest BCUT2D eigenvalue weighted by molar-refractivity contribution is 1.10. The zero-order valence-electron chi connectivity index (χ0n) is 13.9. The Hall–Kier alpha value is -2.40. The first-order valence-electron chi connectivity index (χ1n) is 7.72. The van der Waals surface area contributed by atoms with Crippen LogP contribution in [0, 0.1) is 20.8 Å². The fourth-order valence-corrected chi connectivity index (χ4v) is 2.79. The summed E-state index contributed by atoms with van der Waals surface area (Å²) in [5.74, 6) is 1.34. The van der Waals surface area contributed by atoms with Gasteiger partial charge in [0.2, 0.25) is 5.95 Å². The number of anilines is 4. The van der Waals surface area contributed by atoms with E-state index in [-0.39, 0.29) is 0 Å². The molecule has 0 atom stereocenters. The first kappa shape index (κ1) is 16.5. The molecule has 0 aliphatic carbocycles. The minimum absolute atomic E-state index is 0.584. The van der Waals surface area contributed by atoms with E-state index in [0.717, 1.165) is 32.9 Å². The Balaban J connectivity index is 1.87. The third-order valence-electron chi connectivity index (χ3n) is 3.59. The van der Waals surface area contributed by atoms with Crippen molar-refractivity contribution in [3.05, 3.63) is 69.8 Å². The van der Waals surface area contributed by atoms with Gasteiger partial charge in [-0.15, -0.1) is 0 Å². The van der Waals surface area contributed by atoms with E-state index in [9.17, 15) is 0 Å². The van der Waals surface area contributed by atoms with Gasteiger partial charge in [-0.05, 0) is 56.2 Å². The lowest BCUT2D eigenvalue weighted by Crippen LogP contribution is -2.03. The molecular weight excluding hydrogens is 364 g/mol. The highest BCUT2D eigenvalue weighted by molar-refractivity contribution is 9.10. The van der Waals surface area contributed by atoms with Gasteiger partial charge in [0, 0.05) is 27.6 Å². The molecule has 0 aliphatic heterocycles. The second kappa shape index (κ2) is 7.01. The Kier molecular flexibility index (Phi) is 4.81. The van der Waals surface area contributed by atoms with Crippen molar-refractivity contribution < 1.29 is 0 Å². The highest BCUT2D eigenvalue weighted by Gasteiger charge is 2.06. The van der Waals surface area contributed by atoms with Crippen molar-refractivity contribution in [2.24, 2.45) is 0 Å². The number of nitrogens with one attached hydrogen (secondary N) is 2. The maximum Gasteiger partial charge on any atom is 0.229 e. The number of aryl methyl sites for hydroxylation is 3. The first-order valence-corrected chi connectivity index (χ1v) is 8.51. The molecule has 3 aromatic rings. The van der Waals surface area contributed by atoms with Crippen molar-refractivity contribution in [3.8, 4) is 0 Å². The Labute approximate surface area is 150 Å². The average Bonchev–Trinajstić information content (AvgIpc) is 2.50. The number of hydrogen-bond acceptors (Lipinski definition) is 4. The van der Waals surface area contributed by atoms with Crippen LogP contribution in [-0.2, 0) is 0 Å². The Bertz CT molecular complexity index is 877. The molecule has 0 spiro atoms. The lowest BCUT2D eigenvalue weighted by Gasteiger charge is -2.12. The second-order valence-corrected chi connectivity index (χ2v) is 6.71. The summed E-state index contributed by atoms with van der Waals surface area (Å²) < 4.78 is 1.02. The molecule has 0 saturated heterocycles. The van der Waals surface area contributed by atoms with E-state index >= 15 is 0 Å². The molecule has 0 fully saturated rings. The molecule has 4 nitrogen and oxygen atoms in total. The summed E-state index contributed by atoms with van der Waals surface area (Å²) in [7, 11) is 0. The number of hydrogen-bond donors (Lipinski definition) is 2. The number of nitrogens with zero attached hydrogens (tertiary/aromatic N) is 2. The summed E-state index contributed by atoms with van der Waals surface area (Å²) in [6.07, 6.45) is 0. The molecule has 0 unspecified atom stereocenters. The van der Waals surface area contributed by atoms with Crippen LogP contribution in [0.3, 0.4) is 0 Å². The number of benzene rings is 2. The number of rotatable bonds is 4. The molecule has 0 aliphatic rings. The van der Waals surface area contributed by atoms with Gasteiger partial charge in [0.15, 0.2) is 0 Å². The molecule has 5 heteroatoms. The molecule has 2 N–H and O–H groups in total. The van der Waals surface area contributed by atoms with Gasteiger partial charge in [0.1, 0.15) is 5.82 Å². The Morgan fingerprint density at radius 1 is 0.875 bits per heavy atom. The molecule has 122 valence electrons. The fraction of sp³-hybridized carbons (Fsp3) is 0.158. The third-order valence-corrected chi connectivity index (χ3v) is 4.08. The van der Waals surface area contributed by atoms with Crippen molar-refractivity contribution in [2.45, 2.75) is 20.8 Å². The van der Waals surface area contributed by atoms with Crippen molar-refractivity contribution in [1.29, 1.82) is 0 Å². The minimum atomic E-state index is 0.584. The SMILES string of the molecule is Cc1ccc(C)c(Nc2nc(C)cc(Nc3cccc(Br)c3)n2)c1. The Morgan fingerprint density at radius 3 is 2.50 bits per heavy atom. The summed E-state index contributed by atoms with van der Waals surface area (Å²) in [6.45, 7) is 6.10. The second-order valence-electron chi connectivity index (χ2n) is 5.80. The average molecular weight is 383 g/mol. The summed E-state index contributed by atoms with van der Waals surface area (Å²) in [5, 5.41) is 6.64.